The Labute approximate surface area is 167 Å². The number of rotatable bonds is 3. The van der Waals surface area contributed by atoms with Crippen LogP contribution in [0.15, 0.2) is 97.1 Å². The van der Waals surface area contributed by atoms with Crippen LogP contribution >= 0.6 is 0 Å². The molecule has 0 nitrogen and oxygen atoms in total. The van der Waals surface area contributed by atoms with Crippen molar-refractivity contribution in [3.8, 4) is 11.1 Å². The van der Waals surface area contributed by atoms with Crippen LogP contribution in [0.25, 0.3) is 11.1 Å². The second-order valence-corrected chi connectivity index (χ2v) is 8.41. The Kier molecular flexibility index (Phi) is 3.65. The molecule has 3 unspecified atom stereocenters. The standard InChI is InChI=1S/C28H24/c1-5-13-23-19(9-1)20-10-2-6-14-24(20)27(23)17-18-28-25-15-7-3-11-21(25)22-12-4-8-16-26(22)28/h1-16,19,23,27-28H,17-18H2. The van der Waals surface area contributed by atoms with Crippen molar-refractivity contribution >= 4 is 0 Å². The fourth-order valence-corrected chi connectivity index (χ4v) is 5.94. The SMILES string of the molecule is C1=CC2c3ccccc3C(CCC3c4ccccc4-c4ccccc43)C2C=C1. The molecule has 3 aromatic rings. The molecule has 136 valence electrons. The normalized spacial score (nSPS) is 23.9. The fraction of sp³-hybridized carbons (Fsp3) is 0.214. The van der Waals surface area contributed by atoms with E-state index in [0.717, 1.165) is 0 Å². The molecule has 0 heteroatoms. The lowest BCUT2D eigenvalue weighted by molar-refractivity contribution is 0.460. The smallest absolute Gasteiger partial charge is 0.0102 e. The Morgan fingerprint density at radius 1 is 0.536 bits per heavy atom. The maximum atomic E-state index is 2.45. The van der Waals surface area contributed by atoms with Crippen LogP contribution in [0.1, 0.15) is 52.8 Å². The summed E-state index contributed by atoms with van der Waals surface area (Å²) in [5.41, 5.74) is 9.04. The summed E-state index contributed by atoms with van der Waals surface area (Å²) < 4.78 is 0. The van der Waals surface area contributed by atoms with E-state index in [0.29, 0.717) is 23.7 Å². The molecule has 0 saturated carbocycles. The predicted octanol–water partition coefficient (Wildman–Crippen LogP) is 7.20. The molecule has 0 N–H and O–H groups in total. The van der Waals surface area contributed by atoms with Crippen molar-refractivity contribution in [3.05, 3.63) is 119 Å². The lowest BCUT2D eigenvalue weighted by Crippen LogP contribution is -2.11. The third kappa shape index (κ3) is 2.31. The van der Waals surface area contributed by atoms with Crippen LogP contribution < -0.4 is 0 Å². The lowest BCUT2D eigenvalue weighted by Gasteiger charge is -2.24. The van der Waals surface area contributed by atoms with Gasteiger partial charge in [0.25, 0.3) is 0 Å². The van der Waals surface area contributed by atoms with Crippen molar-refractivity contribution in [1.82, 2.24) is 0 Å². The molecule has 0 saturated heterocycles. The van der Waals surface area contributed by atoms with Gasteiger partial charge in [0, 0.05) is 11.8 Å². The monoisotopic (exact) mass is 360 g/mol. The fourth-order valence-electron chi connectivity index (χ4n) is 5.94. The van der Waals surface area contributed by atoms with Gasteiger partial charge >= 0.3 is 0 Å². The van der Waals surface area contributed by atoms with Crippen LogP contribution in [0, 0.1) is 5.92 Å². The van der Waals surface area contributed by atoms with Gasteiger partial charge in [0.1, 0.15) is 0 Å². The molecule has 3 aliphatic rings. The highest BCUT2D eigenvalue weighted by Crippen LogP contribution is 2.53. The van der Waals surface area contributed by atoms with Gasteiger partial charge in [-0.1, -0.05) is 97.1 Å². The van der Waals surface area contributed by atoms with E-state index >= 15 is 0 Å². The summed E-state index contributed by atoms with van der Waals surface area (Å²) in [7, 11) is 0. The van der Waals surface area contributed by atoms with E-state index in [1.807, 2.05) is 0 Å². The first-order valence-electron chi connectivity index (χ1n) is 10.5. The molecule has 0 aliphatic heterocycles. The first-order chi connectivity index (χ1) is 13.9. The molecule has 0 heterocycles. The van der Waals surface area contributed by atoms with Crippen LogP contribution in [0.5, 0.6) is 0 Å². The highest BCUT2D eigenvalue weighted by Gasteiger charge is 2.39. The van der Waals surface area contributed by atoms with Gasteiger partial charge in [-0.3, -0.25) is 0 Å². The molecule has 0 amide bonds. The van der Waals surface area contributed by atoms with Crippen LogP contribution in [-0.4, -0.2) is 0 Å². The first kappa shape index (κ1) is 16.1. The van der Waals surface area contributed by atoms with E-state index in [-0.39, 0.29) is 0 Å². The molecule has 3 atom stereocenters. The molecule has 0 bridgehead atoms. The highest BCUT2D eigenvalue weighted by atomic mass is 14.4. The van der Waals surface area contributed by atoms with Crippen LogP contribution in [0.3, 0.4) is 0 Å². The average molecular weight is 360 g/mol. The van der Waals surface area contributed by atoms with Crippen LogP contribution in [-0.2, 0) is 0 Å². The molecule has 0 fully saturated rings. The number of hydrogen-bond acceptors (Lipinski definition) is 0. The Morgan fingerprint density at radius 3 is 1.82 bits per heavy atom. The number of hydrogen-bond donors (Lipinski definition) is 0. The molecule has 28 heavy (non-hydrogen) atoms. The van der Waals surface area contributed by atoms with Gasteiger partial charge in [-0.05, 0) is 58.1 Å². The minimum atomic E-state index is 0.529. The third-order valence-electron chi connectivity index (χ3n) is 7.13. The summed E-state index contributed by atoms with van der Waals surface area (Å²) >= 11 is 0. The van der Waals surface area contributed by atoms with Gasteiger partial charge in [0.2, 0.25) is 0 Å². The van der Waals surface area contributed by atoms with Crippen molar-refractivity contribution in [1.29, 1.82) is 0 Å². The van der Waals surface area contributed by atoms with Crippen molar-refractivity contribution < 1.29 is 0 Å². The zero-order valence-corrected chi connectivity index (χ0v) is 16.0. The quantitative estimate of drug-likeness (QED) is 0.463. The topological polar surface area (TPSA) is 0 Å². The number of benzene rings is 3. The maximum absolute atomic E-state index is 2.45. The second kappa shape index (κ2) is 6.34. The van der Waals surface area contributed by atoms with Crippen molar-refractivity contribution in [3.63, 3.8) is 0 Å². The predicted molar refractivity (Wildman–Crippen MR) is 117 cm³/mol. The van der Waals surface area contributed by atoms with Gasteiger partial charge in [0.15, 0.2) is 0 Å². The highest BCUT2D eigenvalue weighted by molar-refractivity contribution is 5.78. The Balaban J connectivity index is 1.35. The minimum Gasteiger partial charge on any atom is -0.0799 e. The molecule has 0 aromatic heterocycles. The van der Waals surface area contributed by atoms with Crippen molar-refractivity contribution in [2.45, 2.75) is 30.6 Å². The summed E-state index contributed by atoms with van der Waals surface area (Å²) in [6.45, 7) is 0. The Morgan fingerprint density at radius 2 is 1.11 bits per heavy atom. The molecular weight excluding hydrogens is 336 g/mol. The summed E-state index contributed by atoms with van der Waals surface area (Å²) in [5.74, 6) is 2.34. The average Bonchev–Trinajstić information content (AvgIpc) is 3.26. The molecule has 0 radical (unpaired) electrons. The lowest BCUT2D eigenvalue weighted by atomic mass is 9.79. The third-order valence-corrected chi connectivity index (χ3v) is 7.13. The van der Waals surface area contributed by atoms with Crippen molar-refractivity contribution in [2.75, 3.05) is 0 Å². The molecule has 0 spiro atoms. The van der Waals surface area contributed by atoms with E-state index in [1.165, 1.54) is 35.1 Å². The number of allylic oxidation sites excluding steroid dienone is 4. The summed E-state index contributed by atoms with van der Waals surface area (Å²) in [4.78, 5) is 0. The van der Waals surface area contributed by atoms with E-state index in [9.17, 15) is 0 Å². The zero-order chi connectivity index (χ0) is 18.5. The molecule has 3 aliphatic carbocycles. The maximum Gasteiger partial charge on any atom is 0.0102 e. The van der Waals surface area contributed by atoms with E-state index in [1.54, 1.807) is 11.1 Å². The van der Waals surface area contributed by atoms with E-state index in [4.69, 9.17) is 0 Å². The van der Waals surface area contributed by atoms with Crippen LogP contribution in [0.4, 0.5) is 0 Å². The molecular formula is C28H24. The van der Waals surface area contributed by atoms with E-state index < -0.39 is 0 Å². The second-order valence-electron chi connectivity index (χ2n) is 8.41. The van der Waals surface area contributed by atoms with Gasteiger partial charge in [-0.15, -0.1) is 0 Å². The zero-order valence-electron chi connectivity index (χ0n) is 16.0. The van der Waals surface area contributed by atoms with Crippen LogP contribution in [0.2, 0.25) is 0 Å². The summed E-state index contributed by atoms with van der Waals surface area (Å²) in [6, 6.07) is 27.2. The van der Waals surface area contributed by atoms with Gasteiger partial charge < -0.3 is 0 Å². The Bertz CT molecular complexity index is 1050. The minimum absolute atomic E-state index is 0.529. The van der Waals surface area contributed by atoms with Gasteiger partial charge in [-0.2, -0.15) is 0 Å². The number of fused-ring (bicyclic) bond motifs is 6. The molecule has 3 aromatic carbocycles. The van der Waals surface area contributed by atoms with Crippen molar-refractivity contribution in [2.24, 2.45) is 5.92 Å². The summed E-state index contributed by atoms with van der Waals surface area (Å²) in [5, 5.41) is 0. The van der Waals surface area contributed by atoms with E-state index in [2.05, 4.69) is 97.1 Å². The van der Waals surface area contributed by atoms with Gasteiger partial charge in [-0.25, -0.2) is 0 Å². The Hall–Kier alpha value is -2.86. The first-order valence-corrected chi connectivity index (χ1v) is 10.5. The summed E-state index contributed by atoms with van der Waals surface area (Å²) in [6.07, 6.45) is 11.8. The van der Waals surface area contributed by atoms with Gasteiger partial charge in [0.05, 0.1) is 0 Å². The largest absolute Gasteiger partial charge is 0.0799 e. The molecule has 6 rings (SSSR count).